The maximum Gasteiger partial charge on any atom is 0.183 e. The van der Waals surface area contributed by atoms with Gasteiger partial charge in [-0.1, -0.05) is 0 Å². The third-order valence-corrected chi connectivity index (χ3v) is 4.88. The van der Waals surface area contributed by atoms with Crippen LogP contribution in [0.1, 0.15) is 44.3 Å². The summed E-state index contributed by atoms with van der Waals surface area (Å²) < 4.78 is 2.12. The summed E-state index contributed by atoms with van der Waals surface area (Å²) in [4.78, 5) is 16.3. The van der Waals surface area contributed by atoms with Gasteiger partial charge < -0.3 is 14.6 Å². The van der Waals surface area contributed by atoms with E-state index in [0.29, 0.717) is 24.4 Å². The fourth-order valence-corrected chi connectivity index (χ4v) is 3.40. The molecular weight excluding hydrogens is 330 g/mol. The van der Waals surface area contributed by atoms with Crippen molar-refractivity contribution >= 4 is 17.0 Å². The SMILES string of the molecule is Cc1cn[nH]c1Cc1nc(N2CC[C@H](O)C2)c2c(ncn2C(C)(C)C)n1. The lowest BCUT2D eigenvalue weighted by molar-refractivity contribution is 0.198. The van der Waals surface area contributed by atoms with Gasteiger partial charge in [-0.2, -0.15) is 5.10 Å². The lowest BCUT2D eigenvalue weighted by Gasteiger charge is -2.25. The van der Waals surface area contributed by atoms with Gasteiger partial charge in [-0.05, 0) is 39.7 Å². The maximum atomic E-state index is 10.0. The van der Waals surface area contributed by atoms with Crippen LogP contribution in [0.4, 0.5) is 5.82 Å². The molecule has 0 unspecified atom stereocenters. The second-order valence-electron chi connectivity index (χ2n) is 8.02. The molecule has 2 N–H and O–H groups in total. The molecule has 1 fully saturated rings. The van der Waals surface area contributed by atoms with Gasteiger partial charge >= 0.3 is 0 Å². The molecule has 3 aromatic heterocycles. The van der Waals surface area contributed by atoms with E-state index in [1.54, 1.807) is 6.20 Å². The number of aliphatic hydroxyl groups is 1. The van der Waals surface area contributed by atoms with Crippen molar-refractivity contribution < 1.29 is 5.11 Å². The predicted octanol–water partition coefficient (Wildman–Crippen LogP) is 1.77. The van der Waals surface area contributed by atoms with Crippen LogP contribution in [0.15, 0.2) is 12.5 Å². The summed E-state index contributed by atoms with van der Waals surface area (Å²) in [5.41, 5.74) is 3.58. The highest BCUT2D eigenvalue weighted by Gasteiger charge is 2.28. The molecule has 1 aliphatic rings. The summed E-state index contributed by atoms with van der Waals surface area (Å²) in [5.74, 6) is 1.56. The van der Waals surface area contributed by atoms with Crippen molar-refractivity contribution in [1.29, 1.82) is 0 Å². The monoisotopic (exact) mass is 355 g/mol. The fourth-order valence-electron chi connectivity index (χ4n) is 3.40. The fraction of sp³-hybridized carbons (Fsp3) is 0.556. The van der Waals surface area contributed by atoms with E-state index in [1.165, 1.54) is 0 Å². The second kappa shape index (κ2) is 6.05. The molecule has 1 aliphatic heterocycles. The number of imidazole rings is 1. The molecule has 138 valence electrons. The largest absolute Gasteiger partial charge is 0.391 e. The third-order valence-electron chi connectivity index (χ3n) is 4.88. The molecule has 26 heavy (non-hydrogen) atoms. The number of aromatic amines is 1. The topological polar surface area (TPSA) is 95.8 Å². The van der Waals surface area contributed by atoms with Gasteiger partial charge in [0.05, 0.1) is 18.6 Å². The Labute approximate surface area is 152 Å². The van der Waals surface area contributed by atoms with Crippen LogP contribution in [-0.4, -0.2) is 54.0 Å². The highest BCUT2D eigenvalue weighted by atomic mass is 16.3. The predicted molar refractivity (Wildman–Crippen MR) is 99.3 cm³/mol. The van der Waals surface area contributed by atoms with Gasteiger partial charge in [-0.15, -0.1) is 0 Å². The molecule has 8 nitrogen and oxygen atoms in total. The van der Waals surface area contributed by atoms with E-state index in [1.807, 2.05) is 13.3 Å². The lowest BCUT2D eigenvalue weighted by atomic mass is 10.1. The molecule has 1 saturated heterocycles. The van der Waals surface area contributed by atoms with Crippen molar-refractivity contribution in [1.82, 2.24) is 29.7 Å². The van der Waals surface area contributed by atoms with Gasteiger partial charge in [0.15, 0.2) is 11.5 Å². The molecule has 0 aromatic carbocycles. The molecule has 0 amide bonds. The Balaban J connectivity index is 1.85. The number of nitrogens with one attached hydrogen (secondary N) is 1. The molecular formula is C18H25N7O. The first-order valence-corrected chi connectivity index (χ1v) is 8.99. The molecule has 1 atom stereocenters. The lowest BCUT2D eigenvalue weighted by Crippen LogP contribution is -2.26. The van der Waals surface area contributed by atoms with Crippen molar-refractivity contribution in [3.05, 3.63) is 29.6 Å². The zero-order valence-electron chi connectivity index (χ0n) is 15.7. The minimum Gasteiger partial charge on any atom is -0.391 e. The molecule has 0 radical (unpaired) electrons. The Morgan fingerprint density at radius 2 is 2.12 bits per heavy atom. The number of anilines is 1. The third kappa shape index (κ3) is 2.94. The summed E-state index contributed by atoms with van der Waals surface area (Å²) in [7, 11) is 0. The van der Waals surface area contributed by atoms with E-state index in [-0.39, 0.29) is 11.6 Å². The summed E-state index contributed by atoms with van der Waals surface area (Å²) in [6.45, 7) is 9.80. The number of aryl methyl sites for hydroxylation is 1. The number of hydrogen-bond donors (Lipinski definition) is 2. The number of fused-ring (bicyclic) bond motifs is 1. The van der Waals surface area contributed by atoms with E-state index in [0.717, 1.165) is 35.6 Å². The normalized spacial score (nSPS) is 18.2. The van der Waals surface area contributed by atoms with Gasteiger partial charge in [-0.25, -0.2) is 15.0 Å². The Morgan fingerprint density at radius 3 is 2.73 bits per heavy atom. The highest BCUT2D eigenvalue weighted by molar-refractivity contribution is 5.84. The molecule has 3 aromatic rings. The zero-order valence-corrected chi connectivity index (χ0v) is 15.7. The summed E-state index contributed by atoms with van der Waals surface area (Å²) in [6, 6.07) is 0. The number of H-pyrrole nitrogens is 1. The smallest absolute Gasteiger partial charge is 0.183 e. The quantitative estimate of drug-likeness (QED) is 0.743. The minimum atomic E-state index is -0.315. The maximum absolute atomic E-state index is 10.0. The first kappa shape index (κ1) is 17.0. The summed E-state index contributed by atoms with van der Waals surface area (Å²) in [5, 5.41) is 17.1. The van der Waals surface area contributed by atoms with E-state index in [2.05, 4.69) is 45.4 Å². The standard InChI is InChI=1S/C18H25N7O/c1-11-8-20-23-13(11)7-14-21-16-15(25(10-19-16)18(2,3)4)17(22-14)24-6-5-12(26)9-24/h8,10,12,26H,5-7,9H2,1-4H3,(H,20,23)/t12-/m0/s1. The average molecular weight is 355 g/mol. The summed E-state index contributed by atoms with van der Waals surface area (Å²) >= 11 is 0. The van der Waals surface area contributed by atoms with Crippen LogP contribution in [-0.2, 0) is 12.0 Å². The van der Waals surface area contributed by atoms with Crippen LogP contribution in [0.3, 0.4) is 0 Å². The second-order valence-corrected chi connectivity index (χ2v) is 8.02. The van der Waals surface area contributed by atoms with E-state index in [4.69, 9.17) is 9.97 Å². The van der Waals surface area contributed by atoms with Gasteiger partial charge in [0.1, 0.15) is 11.3 Å². The van der Waals surface area contributed by atoms with Crippen molar-refractivity contribution in [2.75, 3.05) is 18.0 Å². The number of hydrogen-bond acceptors (Lipinski definition) is 6. The molecule has 0 saturated carbocycles. The Kier molecular flexibility index (Phi) is 3.95. The molecule has 4 rings (SSSR count). The Morgan fingerprint density at radius 1 is 1.31 bits per heavy atom. The highest BCUT2D eigenvalue weighted by Crippen LogP contribution is 2.30. The Hall–Kier alpha value is -2.48. The number of β-amino-alcohol motifs (C(OH)–C–C–N with tert-alkyl or cyclic N) is 1. The van der Waals surface area contributed by atoms with Crippen LogP contribution in [0, 0.1) is 6.92 Å². The van der Waals surface area contributed by atoms with Crippen molar-refractivity contribution in [3.8, 4) is 0 Å². The number of rotatable bonds is 3. The van der Waals surface area contributed by atoms with Crippen LogP contribution in [0.5, 0.6) is 0 Å². The van der Waals surface area contributed by atoms with Crippen LogP contribution < -0.4 is 4.90 Å². The van der Waals surface area contributed by atoms with Gasteiger partial charge in [0, 0.05) is 30.7 Å². The van der Waals surface area contributed by atoms with Crippen LogP contribution in [0.25, 0.3) is 11.2 Å². The van der Waals surface area contributed by atoms with Crippen LogP contribution in [0.2, 0.25) is 0 Å². The molecule has 4 heterocycles. The average Bonchev–Trinajstić information content (AvgIpc) is 3.27. The van der Waals surface area contributed by atoms with Gasteiger partial charge in [-0.3, -0.25) is 5.10 Å². The van der Waals surface area contributed by atoms with Crippen molar-refractivity contribution in [2.24, 2.45) is 0 Å². The number of aromatic nitrogens is 6. The van der Waals surface area contributed by atoms with Gasteiger partial charge in [0.25, 0.3) is 0 Å². The summed E-state index contributed by atoms with van der Waals surface area (Å²) in [6.07, 6.45) is 4.65. The van der Waals surface area contributed by atoms with E-state index in [9.17, 15) is 5.11 Å². The first-order valence-electron chi connectivity index (χ1n) is 8.99. The number of aliphatic hydroxyl groups excluding tert-OH is 1. The minimum absolute atomic E-state index is 0.132. The number of nitrogens with zero attached hydrogens (tertiary/aromatic N) is 6. The van der Waals surface area contributed by atoms with Gasteiger partial charge in [0.2, 0.25) is 0 Å². The van der Waals surface area contributed by atoms with Crippen molar-refractivity contribution in [2.45, 2.75) is 52.2 Å². The molecule has 8 heteroatoms. The van der Waals surface area contributed by atoms with E-state index < -0.39 is 0 Å². The van der Waals surface area contributed by atoms with Crippen molar-refractivity contribution in [3.63, 3.8) is 0 Å². The van der Waals surface area contributed by atoms with Crippen LogP contribution >= 0.6 is 0 Å². The molecule has 0 bridgehead atoms. The molecule has 0 spiro atoms. The first-order chi connectivity index (χ1) is 12.3. The molecule has 0 aliphatic carbocycles. The van der Waals surface area contributed by atoms with E-state index >= 15 is 0 Å². The Bertz CT molecular complexity index is 937. The zero-order chi connectivity index (χ0) is 18.5.